The van der Waals surface area contributed by atoms with Gasteiger partial charge < -0.3 is 4.42 Å². The predicted molar refractivity (Wildman–Crippen MR) is 93.2 cm³/mol. The largest absolute Gasteiger partial charge is 0.447 e. The summed E-state index contributed by atoms with van der Waals surface area (Å²) in [4.78, 5) is 4.41. The minimum absolute atomic E-state index is 0.670. The van der Waals surface area contributed by atoms with Gasteiger partial charge in [0.25, 0.3) is 0 Å². The highest BCUT2D eigenvalue weighted by Crippen LogP contribution is 2.26. The predicted octanol–water partition coefficient (Wildman–Crippen LogP) is 6.22. The van der Waals surface area contributed by atoms with Gasteiger partial charge in [-0.15, -0.1) is 0 Å². The molecular formula is C17H11Br2NO. The first-order chi connectivity index (χ1) is 10.2. The highest BCUT2D eigenvalue weighted by atomic mass is 79.9. The number of hydrogen-bond acceptors (Lipinski definition) is 2. The molecule has 0 spiro atoms. The monoisotopic (exact) mass is 403 g/mol. The zero-order valence-corrected chi connectivity index (χ0v) is 14.1. The second-order valence-corrected chi connectivity index (χ2v) is 6.02. The lowest BCUT2D eigenvalue weighted by Crippen LogP contribution is -1.77. The lowest BCUT2D eigenvalue weighted by Gasteiger charge is -2.01. The van der Waals surface area contributed by atoms with Gasteiger partial charge in [-0.25, -0.2) is 0 Å². The molecular weight excluding hydrogens is 394 g/mol. The van der Waals surface area contributed by atoms with Gasteiger partial charge in [0.15, 0.2) is 4.67 Å². The van der Waals surface area contributed by atoms with E-state index in [1.54, 1.807) is 6.21 Å². The van der Waals surface area contributed by atoms with Gasteiger partial charge in [0, 0.05) is 6.07 Å². The van der Waals surface area contributed by atoms with Crippen LogP contribution in [0, 0.1) is 0 Å². The van der Waals surface area contributed by atoms with Crippen LogP contribution in [0.25, 0.3) is 11.1 Å². The van der Waals surface area contributed by atoms with Gasteiger partial charge in [0.1, 0.15) is 5.76 Å². The summed E-state index contributed by atoms with van der Waals surface area (Å²) < 4.78 is 7.00. The highest BCUT2D eigenvalue weighted by molar-refractivity contribution is 9.13. The minimum atomic E-state index is 0.670. The number of aliphatic imine (C=N–C) groups is 1. The standard InChI is InChI=1S/C17H11Br2NO/c18-16-10-15(21-17(16)19)11-20-14-8-6-13(7-9-14)12-4-2-1-3-5-12/h1-11H. The molecule has 3 aromatic rings. The third-order valence-electron chi connectivity index (χ3n) is 2.98. The molecule has 0 aliphatic heterocycles. The van der Waals surface area contributed by atoms with Crippen LogP contribution < -0.4 is 0 Å². The van der Waals surface area contributed by atoms with Crippen LogP contribution in [0.5, 0.6) is 0 Å². The van der Waals surface area contributed by atoms with Crippen molar-refractivity contribution < 1.29 is 4.42 Å². The maximum Gasteiger partial charge on any atom is 0.184 e. The van der Waals surface area contributed by atoms with E-state index >= 15 is 0 Å². The Labute approximate surface area is 139 Å². The lowest BCUT2D eigenvalue weighted by molar-refractivity contribution is 0.533. The SMILES string of the molecule is Brc1cc(C=Nc2ccc(-c3ccccc3)cc2)oc1Br. The summed E-state index contributed by atoms with van der Waals surface area (Å²) in [7, 11) is 0. The van der Waals surface area contributed by atoms with E-state index < -0.39 is 0 Å². The number of benzene rings is 2. The lowest BCUT2D eigenvalue weighted by atomic mass is 10.1. The van der Waals surface area contributed by atoms with E-state index in [1.807, 2.05) is 36.4 Å². The van der Waals surface area contributed by atoms with Crippen LogP contribution in [0.15, 0.2) is 79.2 Å². The van der Waals surface area contributed by atoms with Crippen molar-refractivity contribution in [2.45, 2.75) is 0 Å². The molecule has 0 aliphatic carbocycles. The van der Waals surface area contributed by atoms with Crippen LogP contribution in [-0.4, -0.2) is 6.21 Å². The Morgan fingerprint density at radius 2 is 1.52 bits per heavy atom. The van der Waals surface area contributed by atoms with Crippen LogP contribution in [0.3, 0.4) is 0 Å². The number of rotatable bonds is 3. The van der Waals surface area contributed by atoms with E-state index in [9.17, 15) is 0 Å². The second kappa shape index (κ2) is 6.41. The quantitative estimate of drug-likeness (QED) is 0.475. The van der Waals surface area contributed by atoms with Gasteiger partial charge >= 0.3 is 0 Å². The molecule has 104 valence electrons. The molecule has 0 saturated carbocycles. The van der Waals surface area contributed by atoms with Crippen LogP contribution in [0.4, 0.5) is 5.69 Å². The first-order valence-electron chi connectivity index (χ1n) is 6.37. The molecule has 1 heterocycles. The van der Waals surface area contributed by atoms with Gasteiger partial charge in [-0.1, -0.05) is 42.5 Å². The van der Waals surface area contributed by atoms with E-state index in [0.717, 1.165) is 10.2 Å². The fourth-order valence-electron chi connectivity index (χ4n) is 1.94. The molecule has 0 fully saturated rings. The molecule has 0 N–H and O–H groups in total. The number of hydrogen-bond donors (Lipinski definition) is 0. The van der Waals surface area contributed by atoms with E-state index in [0.29, 0.717) is 10.4 Å². The van der Waals surface area contributed by atoms with Gasteiger partial charge in [0.2, 0.25) is 0 Å². The molecule has 3 rings (SSSR count). The Bertz CT molecular complexity index is 742. The van der Waals surface area contributed by atoms with Crippen LogP contribution >= 0.6 is 31.9 Å². The van der Waals surface area contributed by atoms with Gasteiger partial charge in [-0.05, 0) is 55.1 Å². The van der Waals surface area contributed by atoms with Crippen molar-refractivity contribution in [3.05, 3.63) is 75.6 Å². The van der Waals surface area contributed by atoms with Crippen LogP contribution in [0.2, 0.25) is 0 Å². The fraction of sp³-hybridized carbons (Fsp3) is 0. The Balaban J connectivity index is 1.78. The summed E-state index contributed by atoms with van der Waals surface area (Å²) in [6.45, 7) is 0. The average molecular weight is 405 g/mol. The normalized spacial score (nSPS) is 11.1. The highest BCUT2D eigenvalue weighted by Gasteiger charge is 2.03. The maximum absolute atomic E-state index is 5.45. The van der Waals surface area contributed by atoms with Crippen LogP contribution in [-0.2, 0) is 0 Å². The maximum atomic E-state index is 5.45. The van der Waals surface area contributed by atoms with E-state index in [1.165, 1.54) is 11.1 Å². The summed E-state index contributed by atoms with van der Waals surface area (Å²) in [6.07, 6.45) is 1.70. The molecule has 4 heteroatoms. The van der Waals surface area contributed by atoms with Crippen molar-refractivity contribution in [3.8, 4) is 11.1 Å². The average Bonchev–Trinajstić information content (AvgIpc) is 2.85. The summed E-state index contributed by atoms with van der Waals surface area (Å²) in [5.41, 5.74) is 3.27. The zero-order chi connectivity index (χ0) is 14.7. The Morgan fingerprint density at radius 3 is 2.14 bits per heavy atom. The van der Waals surface area contributed by atoms with Crippen LogP contribution in [0.1, 0.15) is 5.76 Å². The first-order valence-corrected chi connectivity index (χ1v) is 7.95. The summed E-state index contributed by atoms with van der Waals surface area (Å²) >= 11 is 6.68. The minimum Gasteiger partial charge on any atom is -0.447 e. The Kier molecular flexibility index (Phi) is 4.36. The molecule has 2 nitrogen and oxygen atoms in total. The number of halogens is 2. The topological polar surface area (TPSA) is 25.5 Å². The summed E-state index contributed by atoms with van der Waals surface area (Å²) in [6, 6.07) is 20.3. The fourth-order valence-corrected chi connectivity index (χ4v) is 2.54. The molecule has 2 aromatic carbocycles. The Hall–Kier alpha value is -1.65. The number of furan rings is 1. The molecule has 0 radical (unpaired) electrons. The third-order valence-corrected chi connectivity index (χ3v) is 4.69. The molecule has 1 aromatic heterocycles. The third kappa shape index (κ3) is 3.52. The van der Waals surface area contributed by atoms with Gasteiger partial charge in [0.05, 0.1) is 16.4 Å². The van der Waals surface area contributed by atoms with Gasteiger partial charge in [-0.2, -0.15) is 0 Å². The van der Waals surface area contributed by atoms with Crippen molar-refractivity contribution in [1.82, 2.24) is 0 Å². The Morgan fingerprint density at radius 1 is 0.857 bits per heavy atom. The molecule has 0 amide bonds. The van der Waals surface area contributed by atoms with Crippen molar-refractivity contribution in [2.24, 2.45) is 4.99 Å². The first kappa shape index (κ1) is 14.3. The van der Waals surface area contributed by atoms with E-state index in [-0.39, 0.29) is 0 Å². The molecule has 0 aliphatic rings. The second-order valence-electron chi connectivity index (χ2n) is 4.44. The van der Waals surface area contributed by atoms with Crippen molar-refractivity contribution in [3.63, 3.8) is 0 Å². The van der Waals surface area contributed by atoms with Crippen molar-refractivity contribution in [1.29, 1.82) is 0 Å². The molecule has 0 bridgehead atoms. The number of nitrogens with zero attached hydrogens (tertiary/aromatic N) is 1. The molecule has 0 atom stereocenters. The van der Waals surface area contributed by atoms with E-state index in [4.69, 9.17) is 4.42 Å². The van der Waals surface area contributed by atoms with Crippen molar-refractivity contribution >= 4 is 43.8 Å². The molecule has 0 saturated heterocycles. The van der Waals surface area contributed by atoms with Crippen molar-refractivity contribution in [2.75, 3.05) is 0 Å². The summed E-state index contributed by atoms with van der Waals surface area (Å²) in [5, 5.41) is 0. The van der Waals surface area contributed by atoms with E-state index in [2.05, 4.69) is 61.1 Å². The van der Waals surface area contributed by atoms with Gasteiger partial charge in [-0.3, -0.25) is 4.99 Å². The molecule has 0 unspecified atom stereocenters. The summed E-state index contributed by atoms with van der Waals surface area (Å²) in [5.74, 6) is 0.695. The smallest absolute Gasteiger partial charge is 0.184 e. The molecule has 21 heavy (non-hydrogen) atoms. The zero-order valence-electron chi connectivity index (χ0n) is 11.0.